The van der Waals surface area contributed by atoms with E-state index in [1.54, 1.807) is 9.58 Å². The number of aromatic nitrogens is 2. The Labute approximate surface area is 153 Å². The number of nitrogens with zero attached hydrogens (tertiary/aromatic N) is 3. The molecule has 0 unspecified atom stereocenters. The number of amides is 2. The monoisotopic (exact) mass is 370 g/mol. The summed E-state index contributed by atoms with van der Waals surface area (Å²) in [5, 5.41) is 7.47. The van der Waals surface area contributed by atoms with Gasteiger partial charge in [0.25, 0.3) is 5.91 Å². The third-order valence-corrected chi connectivity index (χ3v) is 4.07. The summed E-state index contributed by atoms with van der Waals surface area (Å²) in [6, 6.07) is -0.00823. The van der Waals surface area contributed by atoms with Gasteiger partial charge in [-0.25, -0.2) is 4.79 Å². The summed E-state index contributed by atoms with van der Waals surface area (Å²) in [5.41, 5.74) is 0.309. The summed E-state index contributed by atoms with van der Waals surface area (Å²) in [4.78, 5) is 26.3. The van der Waals surface area contributed by atoms with Gasteiger partial charge in [0, 0.05) is 19.1 Å². The minimum absolute atomic E-state index is 0.00823. The number of rotatable bonds is 2. The largest absolute Gasteiger partial charge is 0.444 e. The Morgan fingerprint density at radius 1 is 1.24 bits per heavy atom. The van der Waals surface area contributed by atoms with Gasteiger partial charge in [-0.15, -0.1) is 0 Å². The van der Waals surface area contributed by atoms with Crippen molar-refractivity contribution in [3.05, 3.63) is 16.4 Å². The smallest absolute Gasteiger partial charge is 0.410 e. The first kappa shape index (κ1) is 19.6. The van der Waals surface area contributed by atoms with E-state index in [1.807, 2.05) is 34.6 Å². The lowest BCUT2D eigenvalue weighted by molar-refractivity contribution is 0.0218. The normalized spacial score (nSPS) is 15.4. The number of halogens is 1. The SMILES string of the molecule is CC(C)NC(=O)c1nn2c(c1Cl)CN(C(=O)OC(C)(C)C)CCCC2. The summed E-state index contributed by atoms with van der Waals surface area (Å²) in [7, 11) is 0. The molecule has 0 aliphatic carbocycles. The molecule has 1 N–H and O–H groups in total. The van der Waals surface area contributed by atoms with Gasteiger partial charge >= 0.3 is 6.09 Å². The molecule has 0 fully saturated rings. The molecule has 1 aliphatic rings. The molecule has 0 saturated heterocycles. The molecule has 0 aromatic carbocycles. The summed E-state index contributed by atoms with van der Waals surface area (Å²) < 4.78 is 7.20. The molecule has 2 heterocycles. The van der Waals surface area contributed by atoms with E-state index in [9.17, 15) is 9.59 Å². The highest BCUT2D eigenvalue weighted by atomic mass is 35.5. The zero-order valence-corrected chi connectivity index (χ0v) is 16.3. The molecule has 0 atom stereocenters. The third kappa shape index (κ3) is 5.11. The van der Waals surface area contributed by atoms with E-state index in [1.165, 1.54) is 0 Å². The quantitative estimate of drug-likeness (QED) is 0.867. The number of hydrogen-bond donors (Lipinski definition) is 1. The fourth-order valence-corrected chi connectivity index (χ4v) is 2.87. The summed E-state index contributed by atoms with van der Waals surface area (Å²) >= 11 is 6.43. The average Bonchev–Trinajstić information content (AvgIpc) is 2.71. The second-order valence-electron chi connectivity index (χ2n) is 7.57. The van der Waals surface area contributed by atoms with Crippen molar-refractivity contribution in [1.82, 2.24) is 20.0 Å². The lowest BCUT2D eigenvalue weighted by atomic mass is 10.2. The van der Waals surface area contributed by atoms with Gasteiger partial charge in [-0.1, -0.05) is 11.6 Å². The van der Waals surface area contributed by atoms with Crippen LogP contribution in [0.3, 0.4) is 0 Å². The second kappa shape index (κ2) is 7.64. The van der Waals surface area contributed by atoms with Crippen molar-refractivity contribution in [1.29, 1.82) is 0 Å². The van der Waals surface area contributed by atoms with Crippen LogP contribution in [0.1, 0.15) is 63.6 Å². The molecule has 8 heteroatoms. The van der Waals surface area contributed by atoms with Crippen LogP contribution in [0.5, 0.6) is 0 Å². The van der Waals surface area contributed by atoms with Crippen LogP contribution in [0.15, 0.2) is 0 Å². The molecule has 7 nitrogen and oxygen atoms in total. The molecule has 2 amide bonds. The molecule has 0 radical (unpaired) electrons. The Balaban J connectivity index is 2.27. The van der Waals surface area contributed by atoms with Crippen LogP contribution in [0, 0.1) is 0 Å². The van der Waals surface area contributed by atoms with Crippen LogP contribution < -0.4 is 5.32 Å². The lowest BCUT2D eigenvalue weighted by Crippen LogP contribution is -2.38. The summed E-state index contributed by atoms with van der Waals surface area (Å²) in [6.07, 6.45) is 1.30. The third-order valence-electron chi connectivity index (χ3n) is 3.67. The Bertz CT molecular complexity index is 649. The second-order valence-corrected chi connectivity index (χ2v) is 7.95. The van der Waals surface area contributed by atoms with E-state index in [0.29, 0.717) is 23.8 Å². The Morgan fingerprint density at radius 3 is 2.48 bits per heavy atom. The van der Waals surface area contributed by atoms with Crippen molar-refractivity contribution in [3.8, 4) is 0 Å². The zero-order chi connectivity index (χ0) is 18.8. The number of fused-ring (bicyclic) bond motifs is 1. The molecule has 1 aromatic heterocycles. The molecule has 1 aliphatic heterocycles. The van der Waals surface area contributed by atoms with Crippen molar-refractivity contribution in [2.75, 3.05) is 6.54 Å². The van der Waals surface area contributed by atoms with Crippen LogP contribution in [-0.2, 0) is 17.8 Å². The number of carbonyl (C=O) groups is 2. The molecule has 0 spiro atoms. The maximum Gasteiger partial charge on any atom is 0.410 e. The van der Waals surface area contributed by atoms with Crippen LogP contribution in [0.25, 0.3) is 0 Å². The predicted octanol–water partition coefficient (Wildman–Crippen LogP) is 3.21. The standard InChI is InChI=1S/C17H27ClN4O3/c1-11(2)19-15(23)14-13(18)12-10-21(16(24)25-17(3,4)5)8-6-7-9-22(12)20-14/h11H,6-10H2,1-5H3,(H,19,23). The van der Waals surface area contributed by atoms with Crippen molar-refractivity contribution in [3.63, 3.8) is 0 Å². The van der Waals surface area contributed by atoms with Crippen molar-refractivity contribution < 1.29 is 14.3 Å². The molecule has 0 saturated carbocycles. The minimum atomic E-state index is -0.564. The van der Waals surface area contributed by atoms with Gasteiger partial charge in [0.2, 0.25) is 0 Å². The van der Waals surface area contributed by atoms with Crippen LogP contribution in [0.2, 0.25) is 5.02 Å². The molecular formula is C17H27ClN4O3. The first-order chi connectivity index (χ1) is 11.6. The highest BCUT2D eigenvalue weighted by Gasteiger charge is 2.28. The van der Waals surface area contributed by atoms with Crippen LogP contribution in [-0.4, -0.2) is 44.9 Å². The fraction of sp³-hybridized carbons (Fsp3) is 0.706. The Hall–Kier alpha value is -1.76. The minimum Gasteiger partial charge on any atom is -0.444 e. The van der Waals surface area contributed by atoms with Crippen molar-refractivity contribution in [2.45, 2.75) is 72.2 Å². The van der Waals surface area contributed by atoms with Gasteiger partial charge in [0.05, 0.1) is 17.3 Å². The molecular weight excluding hydrogens is 344 g/mol. The zero-order valence-electron chi connectivity index (χ0n) is 15.6. The van der Waals surface area contributed by atoms with E-state index >= 15 is 0 Å². The average molecular weight is 371 g/mol. The van der Waals surface area contributed by atoms with Crippen molar-refractivity contribution in [2.24, 2.45) is 0 Å². The van der Waals surface area contributed by atoms with Gasteiger partial charge in [-0.05, 0) is 47.5 Å². The number of ether oxygens (including phenoxy) is 1. The number of nitrogens with one attached hydrogen (secondary N) is 1. The lowest BCUT2D eigenvalue weighted by Gasteiger charge is -2.29. The van der Waals surface area contributed by atoms with Crippen LogP contribution >= 0.6 is 11.6 Å². The number of aryl methyl sites for hydroxylation is 1. The van der Waals surface area contributed by atoms with Gasteiger partial charge in [-0.3, -0.25) is 9.48 Å². The topological polar surface area (TPSA) is 76.5 Å². The number of carbonyl (C=O) groups excluding carboxylic acids is 2. The number of hydrogen-bond acceptors (Lipinski definition) is 4. The summed E-state index contributed by atoms with van der Waals surface area (Å²) in [5.74, 6) is -0.303. The highest BCUT2D eigenvalue weighted by molar-refractivity contribution is 6.34. The molecule has 25 heavy (non-hydrogen) atoms. The first-order valence-electron chi connectivity index (χ1n) is 8.62. The first-order valence-corrected chi connectivity index (χ1v) is 9.00. The van der Waals surface area contributed by atoms with Gasteiger partial charge in [-0.2, -0.15) is 5.10 Å². The molecule has 0 bridgehead atoms. The molecule has 140 valence electrons. The Morgan fingerprint density at radius 2 is 1.88 bits per heavy atom. The van der Waals surface area contributed by atoms with E-state index < -0.39 is 5.60 Å². The predicted molar refractivity (Wildman–Crippen MR) is 95.7 cm³/mol. The maximum absolute atomic E-state index is 12.4. The molecule has 2 rings (SSSR count). The fourth-order valence-electron chi connectivity index (χ4n) is 2.59. The van der Waals surface area contributed by atoms with E-state index in [0.717, 1.165) is 12.8 Å². The van der Waals surface area contributed by atoms with Gasteiger partial charge in [0.15, 0.2) is 5.69 Å². The van der Waals surface area contributed by atoms with Gasteiger partial charge in [0.1, 0.15) is 5.60 Å². The maximum atomic E-state index is 12.4. The summed E-state index contributed by atoms with van der Waals surface area (Å²) in [6.45, 7) is 10.8. The van der Waals surface area contributed by atoms with Gasteiger partial charge < -0.3 is 15.0 Å². The Kier molecular flexibility index (Phi) is 5.98. The van der Waals surface area contributed by atoms with E-state index in [4.69, 9.17) is 16.3 Å². The van der Waals surface area contributed by atoms with Crippen molar-refractivity contribution >= 4 is 23.6 Å². The molecule has 1 aromatic rings. The highest BCUT2D eigenvalue weighted by Crippen LogP contribution is 2.25. The van der Waals surface area contributed by atoms with E-state index in [2.05, 4.69) is 10.4 Å². The van der Waals surface area contributed by atoms with Crippen LogP contribution in [0.4, 0.5) is 4.79 Å². The van der Waals surface area contributed by atoms with E-state index in [-0.39, 0.29) is 30.3 Å².